The third-order valence-corrected chi connectivity index (χ3v) is 7.80. The maximum absolute atomic E-state index is 12.1. The summed E-state index contributed by atoms with van der Waals surface area (Å²) in [5.74, 6) is -0.401. The van der Waals surface area contributed by atoms with E-state index in [1.807, 2.05) is 19.1 Å². The number of anilines is 1. The van der Waals surface area contributed by atoms with Gasteiger partial charge >= 0.3 is 5.97 Å². The third kappa shape index (κ3) is 8.39. The van der Waals surface area contributed by atoms with Crippen LogP contribution < -0.4 is 14.8 Å². The van der Waals surface area contributed by atoms with E-state index in [1.165, 1.54) is 18.2 Å². The molecule has 3 rings (SSSR count). The second-order valence-corrected chi connectivity index (χ2v) is 11.1. The van der Waals surface area contributed by atoms with Gasteiger partial charge in [-0.3, -0.25) is 4.72 Å². The summed E-state index contributed by atoms with van der Waals surface area (Å²) < 4.78 is 32.3. The molecule has 1 fully saturated rings. The summed E-state index contributed by atoms with van der Waals surface area (Å²) in [5, 5.41) is 32.8. The van der Waals surface area contributed by atoms with Crippen LogP contribution in [0.15, 0.2) is 42.5 Å². The van der Waals surface area contributed by atoms with E-state index in [2.05, 4.69) is 10.0 Å². The number of nitrogens with one attached hydrogen (secondary N) is 2. The number of unbranched alkanes of at least 4 members (excludes halogenated alkanes) is 1. The zero-order chi connectivity index (χ0) is 26.1. The molecule has 0 bridgehead atoms. The minimum Gasteiger partial charge on any atom is -0.506 e. The number of carboxylic acid groups (broad SMARTS) is 1. The fourth-order valence-electron chi connectivity index (χ4n) is 4.32. The van der Waals surface area contributed by atoms with Crippen LogP contribution in [0.3, 0.4) is 0 Å². The number of rotatable bonds is 13. The van der Waals surface area contributed by atoms with Crippen molar-refractivity contribution in [3.63, 3.8) is 0 Å². The molecule has 0 aliphatic heterocycles. The van der Waals surface area contributed by atoms with Gasteiger partial charge in [-0.15, -0.1) is 0 Å². The van der Waals surface area contributed by atoms with Crippen LogP contribution in [0.1, 0.15) is 67.3 Å². The first kappa shape index (κ1) is 27.8. The van der Waals surface area contributed by atoms with Crippen molar-refractivity contribution in [1.82, 2.24) is 5.32 Å². The minimum atomic E-state index is -3.56. The summed E-state index contributed by atoms with van der Waals surface area (Å²) in [6, 6.07) is 11.7. The second-order valence-electron chi connectivity index (χ2n) is 9.30. The predicted molar refractivity (Wildman–Crippen MR) is 138 cm³/mol. The standard InChI is InChI=1S/C26H36N2O7S/c1-2-3-14-36(33,34)28-24-15-23(12-13-25(24)30)35-17-22(29)16-27-21-10-8-19(9-11-21)18-4-6-20(7-5-18)26(31)32/h4-7,12-13,15,19,21-22,27-30H,2-3,8-11,14,16-17H2,1H3,(H,31,32)/t19?,21?,22-/m0/s1. The molecule has 198 valence electrons. The SMILES string of the molecule is CCCCS(=O)(=O)Nc1cc(OC[C@@H](O)CNC2CCC(c3ccc(C(=O)O)cc3)CC2)ccc1O. The highest BCUT2D eigenvalue weighted by molar-refractivity contribution is 7.92. The highest BCUT2D eigenvalue weighted by Gasteiger charge is 2.23. The lowest BCUT2D eigenvalue weighted by Crippen LogP contribution is -2.39. The summed E-state index contributed by atoms with van der Waals surface area (Å²) >= 11 is 0. The number of sulfonamides is 1. The molecule has 36 heavy (non-hydrogen) atoms. The molecule has 10 heteroatoms. The Labute approximate surface area is 212 Å². The normalized spacial score (nSPS) is 18.9. The van der Waals surface area contributed by atoms with Crippen LogP contribution in [0.4, 0.5) is 5.69 Å². The van der Waals surface area contributed by atoms with Gasteiger partial charge < -0.3 is 25.4 Å². The van der Waals surface area contributed by atoms with E-state index >= 15 is 0 Å². The van der Waals surface area contributed by atoms with Crippen molar-refractivity contribution in [3.8, 4) is 11.5 Å². The van der Waals surface area contributed by atoms with E-state index in [4.69, 9.17) is 9.84 Å². The molecule has 2 aromatic rings. The monoisotopic (exact) mass is 520 g/mol. The van der Waals surface area contributed by atoms with E-state index in [-0.39, 0.29) is 29.8 Å². The number of aromatic hydroxyl groups is 1. The smallest absolute Gasteiger partial charge is 0.335 e. The highest BCUT2D eigenvalue weighted by atomic mass is 32.2. The number of hydrogen-bond donors (Lipinski definition) is 5. The maximum atomic E-state index is 12.1. The molecule has 9 nitrogen and oxygen atoms in total. The number of aromatic carboxylic acids is 1. The highest BCUT2D eigenvalue weighted by Crippen LogP contribution is 2.33. The van der Waals surface area contributed by atoms with Gasteiger partial charge in [-0.1, -0.05) is 25.5 Å². The van der Waals surface area contributed by atoms with Gasteiger partial charge in [0.25, 0.3) is 0 Å². The van der Waals surface area contributed by atoms with Gasteiger partial charge in [0.15, 0.2) is 0 Å². The van der Waals surface area contributed by atoms with Crippen molar-refractivity contribution in [2.75, 3.05) is 23.6 Å². The Morgan fingerprint density at radius 2 is 1.81 bits per heavy atom. The molecule has 5 N–H and O–H groups in total. The number of carboxylic acids is 1. The van der Waals surface area contributed by atoms with Crippen LogP contribution >= 0.6 is 0 Å². The topological polar surface area (TPSA) is 145 Å². The molecular weight excluding hydrogens is 484 g/mol. The first-order chi connectivity index (χ1) is 17.2. The molecule has 2 aromatic carbocycles. The Balaban J connectivity index is 1.41. The largest absolute Gasteiger partial charge is 0.506 e. The quantitative estimate of drug-likeness (QED) is 0.252. The molecule has 0 amide bonds. The lowest BCUT2D eigenvalue weighted by molar-refractivity contribution is 0.0696. The number of aliphatic hydroxyl groups excluding tert-OH is 1. The molecule has 0 saturated heterocycles. The molecule has 1 aliphatic rings. The Kier molecular flexibility index (Phi) is 9.98. The molecule has 0 radical (unpaired) electrons. The van der Waals surface area contributed by atoms with Crippen LogP contribution in [-0.4, -0.2) is 60.8 Å². The van der Waals surface area contributed by atoms with Crippen molar-refractivity contribution < 1.29 is 33.3 Å². The van der Waals surface area contributed by atoms with Crippen molar-refractivity contribution in [1.29, 1.82) is 0 Å². The lowest BCUT2D eigenvalue weighted by atomic mass is 9.81. The Hall–Kier alpha value is -2.82. The Bertz CT molecular complexity index is 1100. The van der Waals surface area contributed by atoms with Crippen molar-refractivity contribution in [2.45, 2.75) is 63.5 Å². The minimum absolute atomic E-state index is 0.0189. The summed E-state index contributed by atoms with van der Waals surface area (Å²) in [5.41, 5.74) is 1.50. The zero-order valence-electron chi connectivity index (χ0n) is 20.5. The van der Waals surface area contributed by atoms with Crippen LogP contribution in [0.2, 0.25) is 0 Å². The first-order valence-corrected chi connectivity index (χ1v) is 14.0. The number of benzene rings is 2. The van der Waals surface area contributed by atoms with Crippen molar-refractivity contribution in [2.24, 2.45) is 0 Å². The zero-order valence-corrected chi connectivity index (χ0v) is 21.3. The Morgan fingerprint density at radius 3 is 2.44 bits per heavy atom. The summed E-state index contributed by atoms with van der Waals surface area (Å²) in [6.45, 7) is 2.28. The molecule has 0 heterocycles. The third-order valence-electron chi connectivity index (χ3n) is 6.44. The maximum Gasteiger partial charge on any atom is 0.335 e. The Morgan fingerprint density at radius 1 is 1.11 bits per heavy atom. The van der Waals surface area contributed by atoms with Crippen LogP contribution in [0.5, 0.6) is 11.5 Å². The summed E-state index contributed by atoms with van der Waals surface area (Å²) in [7, 11) is -3.56. The number of hydrogen-bond acceptors (Lipinski definition) is 7. The van der Waals surface area contributed by atoms with Crippen molar-refractivity contribution >= 4 is 21.7 Å². The van der Waals surface area contributed by atoms with Crippen LogP contribution in [-0.2, 0) is 10.0 Å². The molecule has 0 unspecified atom stereocenters. The van der Waals surface area contributed by atoms with Crippen molar-refractivity contribution in [3.05, 3.63) is 53.6 Å². The van der Waals surface area contributed by atoms with Crippen LogP contribution in [0.25, 0.3) is 0 Å². The lowest BCUT2D eigenvalue weighted by Gasteiger charge is -2.30. The molecule has 1 saturated carbocycles. The van der Waals surface area contributed by atoms with Gasteiger partial charge in [0, 0.05) is 18.7 Å². The molecular formula is C26H36N2O7S. The molecule has 1 atom stereocenters. The fraction of sp³-hybridized carbons (Fsp3) is 0.500. The number of phenols is 1. The average Bonchev–Trinajstić information content (AvgIpc) is 2.87. The van der Waals surface area contributed by atoms with Crippen LogP contribution in [0, 0.1) is 0 Å². The number of ether oxygens (including phenoxy) is 1. The van der Waals surface area contributed by atoms with Gasteiger partial charge in [-0.2, -0.15) is 0 Å². The van der Waals surface area contributed by atoms with E-state index in [0.29, 0.717) is 30.2 Å². The molecule has 1 aliphatic carbocycles. The van der Waals surface area contributed by atoms with E-state index in [0.717, 1.165) is 37.7 Å². The summed E-state index contributed by atoms with van der Waals surface area (Å²) in [6.07, 6.45) is 4.39. The number of aliphatic hydroxyl groups is 1. The average molecular weight is 521 g/mol. The fourth-order valence-corrected chi connectivity index (χ4v) is 5.59. The number of carbonyl (C=O) groups is 1. The molecule has 0 aromatic heterocycles. The predicted octanol–water partition coefficient (Wildman–Crippen LogP) is 3.69. The van der Waals surface area contributed by atoms with Gasteiger partial charge in [0.05, 0.1) is 17.0 Å². The van der Waals surface area contributed by atoms with Gasteiger partial charge in [-0.05, 0) is 67.9 Å². The summed E-state index contributed by atoms with van der Waals surface area (Å²) in [4.78, 5) is 11.0. The first-order valence-electron chi connectivity index (χ1n) is 12.4. The van der Waals surface area contributed by atoms with Gasteiger partial charge in [-0.25, -0.2) is 13.2 Å². The van der Waals surface area contributed by atoms with E-state index in [1.54, 1.807) is 12.1 Å². The second kappa shape index (κ2) is 12.9. The number of phenolic OH excluding ortho intramolecular Hbond substituents is 1. The molecule has 0 spiro atoms. The van der Waals surface area contributed by atoms with E-state index in [9.17, 15) is 23.4 Å². The van der Waals surface area contributed by atoms with Gasteiger partial charge in [0.1, 0.15) is 24.2 Å². The van der Waals surface area contributed by atoms with Gasteiger partial charge in [0.2, 0.25) is 10.0 Å². The van der Waals surface area contributed by atoms with E-state index < -0.39 is 22.1 Å².